The highest BCUT2D eigenvalue weighted by atomic mass is 35.5. The number of nitrogens with one attached hydrogen (secondary N) is 1. The maximum atomic E-state index is 15.3. The van der Waals surface area contributed by atoms with Gasteiger partial charge in [-0.05, 0) is 65.6 Å². The average Bonchev–Trinajstić information content (AvgIpc) is 3.69. The van der Waals surface area contributed by atoms with E-state index in [9.17, 15) is 9.59 Å². The quantitative estimate of drug-likeness (QED) is 0.375. The van der Waals surface area contributed by atoms with Crippen LogP contribution in [0.5, 0.6) is 0 Å². The van der Waals surface area contributed by atoms with E-state index in [-0.39, 0.29) is 28.4 Å². The zero-order chi connectivity index (χ0) is 27.1. The smallest absolute Gasteiger partial charge is 0.247 e. The number of rotatable bonds is 7. The minimum atomic E-state index is -0.648. The molecule has 1 unspecified atom stereocenters. The first-order valence-corrected chi connectivity index (χ1v) is 12.8. The van der Waals surface area contributed by atoms with Gasteiger partial charge in [-0.3, -0.25) is 14.3 Å². The summed E-state index contributed by atoms with van der Waals surface area (Å²) in [6.07, 6.45) is 5.94. The van der Waals surface area contributed by atoms with Crippen LogP contribution in [0.25, 0.3) is 22.2 Å². The van der Waals surface area contributed by atoms with Crippen LogP contribution in [0.15, 0.2) is 48.9 Å². The Hall–Kier alpha value is -4.16. The highest BCUT2D eigenvalue weighted by molar-refractivity contribution is 6.31. The van der Waals surface area contributed by atoms with E-state index in [1.807, 2.05) is 22.9 Å². The second-order valence-corrected chi connectivity index (χ2v) is 9.91. The van der Waals surface area contributed by atoms with Gasteiger partial charge in [0, 0.05) is 35.9 Å². The first-order chi connectivity index (χ1) is 18.9. The summed E-state index contributed by atoms with van der Waals surface area (Å²) >= 11 is 6.09. The first-order valence-electron chi connectivity index (χ1n) is 12.4. The number of benzene rings is 2. The molecule has 13 heteroatoms. The molecule has 1 saturated heterocycles. The lowest BCUT2D eigenvalue weighted by atomic mass is 9.92. The van der Waals surface area contributed by atoms with Gasteiger partial charge in [0.2, 0.25) is 11.8 Å². The zero-order valence-corrected chi connectivity index (χ0v) is 21.7. The number of hydrogen-bond acceptors (Lipinski definition) is 7. The van der Waals surface area contributed by atoms with Crippen molar-refractivity contribution < 1.29 is 18.7 Å². The maximum Gasteiger partial charge on any atom is 0.247 e. The number of aromatic nitrogens is 6. The topological polar surface area (TPSA) is 120 Å². The molecule has 0 radical (unpaired) electrons. The third-order valence-corrected chi connectivity index (χ3v) is 7.51. The molecule has 11 nitrogen and oxygen atoms in total. The molecule has 1 fully saturated rings. The molecule has 0 spiro atoms. The molecule has 0 bridgehead atoms. The third-order valence-electron chi connectivity index (χ3n) is 7.22. The summed E-state index contributed by atoms with van der Waals surface area (Å²) in [5, 5.41) is 19.3. The number of carbonyl (C=O) groups excluding carboxylic acids is 2. The van der Waals surface area contributed by atoms with Gasteiger partial charge in [-0.2, -0.15) is 9.78 Å². The van der Waals surface area contributed by atoms with Gasteiger partial charge in [0.05, 0.1) is 35.6 Å². The van der Waals surface area contributed by atoms with Crippen LogP contribution >= 0.6 is 11.6 Å². The van der Waals surface area contributed by atoms with Crippen LogP contribution in [-0.2, 0) is 20.9 Å². The third kappa shape index (κ3) is 4.55. The maximum absolute atomic E-state index is 15.3. The van der Waals surface area contributed by atoms with Crippen molar-refractivity contribution in [2.24, 2.45) is 0 Å². The van der Waals surface area contributed by atoms with Gasteiger partial charge < -0.3 is 15.0 Å². The van der Waals surface area contributed by atoms with Crippen LogP contribution in [0.1, 0.15) is 24.8 Å². The van der Waals surface area contributed by atoms with Gasteiger partial charge in [0.25, 0.3) is 0 Å². The Morgan fingerprint density at radius 2 is 2.13 bits per heavy atom. The Balaban J connectivity index is 1.23. The number of nitrogens with zero attached hydrogens (tertiary/aromatic N) is 7. The van der Waals surface area contributed by atoms with E-state index >= 15 is 4.39 Å². The number of halogens is 2. The molecule has 1 N–H and O–H groups in total. The number of anilines is 1. The predicted molar refractivity (Wildman–Crippen MR) is 141 cm³/mol. The lowest BCUT2D eigenvalue weighted by Crippen LogP contribution is -2.48. The fourth-order valence-electron chi connectivity index (χ4n) is 5.44. The average molecular weight is 551 g/mol. The van der Waals surface area contributed by atoms with Crippen molar-refractivity contribution in [1.82, 2.24) is 34.9 Å². The van der Waals surface area contributed by atoms with Gasteiger partial charge in [0.1, 0.15) is 12.4 Å². The van der Waals surface area contributed by atoms with E-state index in [4.69, 9.17) is 16.3 Å². The van der Waals surface area contributed by atoms with E-state index < -0.39 is 11.9 Å². The zero-order valence-electron chi connectivity index (χ0n) is 20.9. The van der Waals surface area contributed by atoms with Crippen LogP contribution in [0.2, 0.25) is 5.02 Å². The van der Waals surface area contributed by atoms with Gasteiger partial charge in [-0.1, -0.05) is 11.6 Å². The number of hydrogen-bond donors (Lipinski definition) is 1. The van der Waals surface area contributed by atoms with Crippen LogP contribution in [0.4, 0.5) is 10.1 Å². The normalized spacial score (nSPS) is 18.9. The number of amides is 2. The molecular weight excluding hydrogens is 527 g/mol. The summed E-state index contributed by atoms with van der Waals surface area (Å²) in [6.45, 7) is 1.17. The molecule has 4 aromatic rings. The summed E-state index contributed by atoms with van der Waals surface area (Å²) in [5.41, 5.74) is 2.60. The van der Waals surface area contributed by atoms with Crippen LogP contribution in [-0.4, -0.2) is 72.5 Å². The number of tetrazole rings is 1. The molecule has 6 rings (SSSR count). The van der Waals surface area contributed by atoms with Gasteiger partial charge in [0.15, 0.2) is 5.82 Å². The van der Waals surface area contributed by atoms with E-state index in [0.717, 1.165) is 10.9 Å². The Morgan fingerprint density at radius 1 is 1.26 bits per heavy atom. The first kappa shape index (κ1) is 25.1. The fraction of sp³-hybridized carbons (Fsp3) is 0.308. The van der Waals surface area contributed by atoms with Crippen molar-refractivity contribution in [2.75, 3.05) is 19.0 Å². The van der Waals surface area contributed by atoms with Crippen molar-refractivity contribution in [1.29, 1.82) is 0 Å². The van der Waals surface area contributed by atoms with Crippen molar-refractivity contribution in [3.8, 4) is 5.69 Å². The highest BCUT2D eigenvalue weighted by Gasteiger charge is 2.43. The van der Waals surface area contributed by atoms with Crippen LogP contribution in [0, 0.1) is 5.82 Å². The molecule has 2 atom stereocenters. The largest absolute Gasteiger partial charge is 0.383 e. The summed E-state index contributed by atoms with van der Waals surface area (Å²) in [5.74, 6) is -1.27. The lowest BCUT2D eigenvalue weighted by Gasteiger charge is -2.33. The standard InChI is InChI=1S/C26H24ClFN8O3/c1-39-9-8-34-20-5-2-17(10-16(20)13-30-34)31-26(38)22-6-3-18-11-15(12-23(37)36(18)22)24-21(35-14-29-32-33-35)7-4-19(27)25(24)28/h2,4-5,7,10,12-14,18,22H,3,6,8-9,11H2,1H3,(H,31,38)/t18?,22-/m0/s1. The van der Waals surface area contributed by atoms with Crippen LogP contribution < -0.4 is 5.32 Å². The molecule has 200 valence electrons. The minimum Gasteiger partial charge on any atom is -0.383 e. The Kier molecular flexibility index (Phi) is 6.57. The highest BCUT2D eigenvalue weighted by Crippen LogP contribution is 2.40. The van der Waals surface area contributed by atoms with Crippen LogP contribution in [0.3, 0.4) is 0 Å². The monoisotopic (exact) mass is 550 g/mol. The fourth-order valence-corrected chi connectivity index (χ4v) is 5.60. The van der Waals surface area contributed by atoms with Crippen molar-refractivity contribution in [3.05, 3.63) is 65.3 Å². The molecule has 2 aliphatic rings. The molecule has 2 aromatic carbocycles. The summed E-state index contributed by atoms with van der Waals surface area (Å²) in [7, 11) is 1.64. The van der Waals surface area contributed by atoms with E-state index in [2.05, 4.69) is 25.9 Å². The summed E-state index contributed by atoms with van der Waals surface area (Å²) < 4.78 is 23.6. The SMILES string of the molecule is COCCn1ncc2cc(NC(=O)[C@@H]3CCC4CC(c5c(-n6cnnn6)ccc(Cl)c5F)=CC(=O)N43)ccc21. The summed E-state index contributed by atoms with van der Waals surface area (Å²) in [6, 6.07) is 7.71. The second kappa shape index (κ2) is 10.2. The minimum absolute atomic E-state index is 0.0671. The van der Waals surface area contributed by atoms with E-state index in [0.29, 0.717) is 49.4 Å². The molecule has 4 heterocycles. The van der Waals surface area contributed by atoms with Crippen molar-refractivity contribution in [3.63, 3.8) is 0 Å². The molecular formula is C26H24ClFN8O3. The Morgan fingerprint density at radius 3 is 2.92 bits per heavy atom. The predicted octanol–water partition coefficient (Wildman–Crippen LogP) is 3.24. The molecule has 2 amide bonds. The molecule has 0 aliphatic carbocycles. The van der Waals surface area contributed by atoms with Gasteiger partial charge in [-0.25, -0.2) is 4.39 Å². The molecule has 2 aromatic heterocycles. The lowest BCUT2D eigenvalue weighted by molar-refractivity contribution is -0.135. The molecule has 2 aliphatic heterocycles. The number of methoxy groups -OCH3 is 1. The number of ether oxygens (including phenoxy) is 1. The van der Waals surface area contributed by atoms with E-state index in [1.165, 1.54) is 23.2 Å². The number of fused-ring (bicyclic) bond motifs is 2. The Labute approximate surface area is 227 Å². The molecule has 39 heavy (non-hydrogen) atoms. The number of carbonyl (C=O) groups is 2. The second-order valence-electron chi connectivity index (χ2n) is 9.50. The van der Waals surface area contributed by atoms with E-state index in [1.54, 1.807) is 24.3 Å². The molecule has 0 saturated carbocycles. The van der Waals surface area contributed by atoms with Gasteiger partial charge >= 0.3 is 0 Å². The Bertz CT molecular complexity index is 1600. The van der Waals surface area contributed by atoms with Gasteiger partial charge in [-0.15, -0.1) is 5.10 Å². The van der Waals surface area contributed by atoms with Crippen molar-refractivity contribution >= 4 is 45.6 Å². The van der Waals surface area contributed by atoms with Crippen molar-refractivity contribution in [2.45, 2.75) is 37.9 Å². The summed E-state index contributed by atoms with van der Waals surface area (Å²) in [4.78, 5) is 28.2.